The number of benzene rings is 1. The Labute approximate surface area is 128 Å². The standard InChI is InChI=1S/C16H27NO3S/c1-5-10-21(18,19)11-9-20-16-8-7-13(3)12-15(16)14(4)17-6-2/h7-8,12,14,17H,5-6,9-11H2,1-4H3. The van der Waals surface area contributed by atoms with Crippen LogP contribution < -0.4 is 10.1 Å². The number of sulfone groups is 1. The van der Waals surface area contributed by atoms with Crippen molar-refractivity contribution in [3.63, 3.8) is 0 Å². The zero-order valence-electron chi connectivity index (χ0n) is 13.5. The van der Waals surface area contributed by atoms with Crippen LogP contribution in [0.1, 0.15) is 44.4 Å². The highest BCUT2D eigenvalue weighted by Crippen LogP contribution is 2.26. The molecule has 0 aliphatic rings. The maximum absolute atomic E-state index is 11.7. The van der Waals surface area contributed by atoms with E-state index >= 15 is 0 Å². The van der Waals surface area contributed by atoms with Crippen LogP contribution in [0.3, 0.4) is 0 Å². The Morgan fingerprint density at radius 1 is 1.24 bits per heavy atom. The monoisotopic (exact) mass is 313 g/mol. The van der Waals surface area contributed by atoms with Crippen molar-refractivity contribution in [1.82, 2.24) is 5.32 Å². The van der Waals surface area contributed by atoms with Crippen molar-refractivity contribution in [3.05, 3.63) is 29.3 Å². The fraction of sp³-hybridized carbons (Fsp3) is 0.625. The zero-order valence-corrected chi connectivity index (χ0v) is 14.3. The average Bonchev–Trinajstić information content (AvgIpc) is 2.40. The van der Waals surface area contributed by atoms with E-state index in [1.165, 1.54) is 5.56 Å². The normalized spacial score (nSPS) is 13.1. The highest BCUT2D eigenvalue weighted by Gasteiger charge is 2.13. The van der Waals surface area contributed by atoms with Crippen LogP contribution in [0.2, 0.25) is 0 Å². The SMILES string of the molecule is CCCS(=O)(=O)CCOc1ccc(C)cc1C(C)NCC. The molecule has 1 rings (SSSR count). The van der Waals surface area contributed by atoms with Crippen molar-refractivity contribution < 1.29 is 13.2 Å². The molecule has 0 radical (unpaired) electrons. The number of nitrogens with one attached hydrogen (secondary N) is 1. The Kier molecular flexibility index (Phi) is 7.18. The van der Waals surface area contributed by atoms with Crippen LogP contribution in [-0.2, 0) is 9.84 Å². The first-order valence-corrected chi connectivity index (χ1v) is 9.39. The van der Waals surface area contributed by atoms with Gasteiger partial charge in [-0.1, -0.05) is 31.5 Å². The van der Waals surface area contributed by atoms with Crippen molar-refractivity contribution in [3.8, 4) is 5.75 Å². The summed E-state index contributed by atoms with van der Waals surface area (Å²) in [4.78, 5) is 0. The van der Waals surface area contributed by atoms with E-state index < -0.39 is 9.84 Å². The van der Waals surface area contributed by atoms with Gasteiger partial charge in [-0.3, -0.25) is 0 Å². The third kappa shape index (κ3) is 6.06. The van der Waals surface area contributed by atoms with Gasteiger partial charge in [-0.25, -0.2) is 8.42 Å². The van der Waals surface area contributed by atoms with E-state index in [1.54, 1.807) is 0 Å². The predicted octanol–water partition coefficient (Wildman–Crippen LogP) is 2.87. The molecule has 1 atom stereocenters. The molecule has 0 aliphatic heterocycles. The molecular formula is C16H27NO3S. The molecule has 120 valence electrons. The molecule has 0 amide bonds. The Morgan fingerprint density at radius 3 is 2.57 bits per heavy atom. The predicted molar refractivity (Wildman–Crippen MR) is 87.7 cm³/mol. The summed E-state index contributed by atoms with van der Waals surface area (Å²) in [6.45, 7) is 9.13. The van der Waals surface area contributed by atoms with Gasteiger partial charge < -0.3 is 10.1 Å². The molecule has 0 aliphatic carbocycles. The highest BCUT2D eigenvalue weighted by atomic mass is 32.2. The zero-order chi connectivity index (χ0) is 15.9. The van der Waals surface area contributed by atoms with Crippen molar-refractivity contribution >= 4 is 9.84 Å². The first-order valence-electron chi connectivity index (χ1n) is 7.56. The van der Waals surface area contributed by atoms with Gasteiger partial charge >= 0.3 is 0 Å². The van der Waals surface area contributed by atoms with Crippen LogP contribution >= 0.6 is 0 Å². The fourth-order valence-corrected chi connectivity index (χ4v) is 3.41. The average molecular weight is 313 g/mol. The number of hydrogen-bond acceptors (Lipinski definition) is 4. The number of rotatable bonds is 9. The molecule has 0 saturated carbocycles. The number of ether oxygens (including phenoxy) is 1. The van der Waals surface area contributed by atoms with Gasteiger partial charge in [-0.05, 0) is 32.9 Å². The van der Waals surface area contributed by atoms with Crippen LogP contribution in [0.25, 0.3) is 0 Å². The summed E-state index contributed by atoms with van der Waals surface area (Å²) in [5.74, 6) is 1.06. The van der Waals surface area contributed by atoms with Crippen LogP contribution in [0, 0.1) is 6.92 Å². The van der Waals surface area contributed by atoms with E-state index in [0.717, 1.165) is 17.9 Å². The van der Waals surface area contributed by atoms with Gasteiger partial charge in [0.2, 0.25) is 0 Å². The number of aryl methyl sites for hydroxylation is 1. The minimum Gasteiger partial charge on any atom is -0.492 e. The van der Waals surface area contributed by atoms with E-state index in [0.29, 0.717) is 6.42 Å². The second-order valence-electron chi connectivity index (χ2n) is 5.32. The Hall–Kier alpha value is -1.07. The molecule has 5 heteroatoms. The van der Waals surface area contributed by atoms with E-state index in [1.807, 2.05) is 26.0 Å². The first kappa shape index (κ1) is 18.0. The maximum Gasteiger partial charge on any atom is 0.153 e. The molecule has 1 unspecified atom stereocenters. The van der Waals surface area contributed by atoms with E-state index in [9.17, 15) is 8.42 Å². The molecule has 1 aromatic rings. The fourth-order valence-electron chi connectivity index (χ4n) is 2.25. The molecular weight excluding hydrogens is 286 g/mol. The van der Waals surface area contributed by atoms with Gasteiger partial charge in [-0.15, -0.1) is 0 Å². The van der Waals surface area contributed by atoms with E-state index in [-0.39, 0.29) is 24.2 Å². The molecule has 0 heterocycles. The summed E-state index contributed by atoms with van der Waals surface area (Å²) in [7, 11) is -2.99. The van der Waals surface area contributed by atoms with Crippen molar-refractivity contribution in [2.75, 3.05) is 24.7 Å². The second-order valence-corrected chi connectivity index (χ2v) is 7.62. The van der Waals surface area contributed by atoms with E-state index in [4.69, 9.17) is 4.74 Å². The maximum atomic E-state index is 11.7. The second kappa shape index (κ2) is 8.39. The van der Waals surface area contributed by atoms with Gasteiger partial charge in [-0.2, -0.15) is 0 Å². The lowest BCUT2D eigenvalue weighted by Crippen LogP contribution is -2.20. The lowest BCUT2D eigenvalue weighted by molar-refractivity contribution is 0.333. The quantitative estimate of drug-likeness (QED) is 0.761. The molecule has 0 bridgehead atoms. The minimum absolute atomic E-state index is 0.0732. The topological polar surface area (TPSA) is 55.4 Å². The smallest absolute Gasteiger partial charge is 0.153 e. The molecule has 21 heavy (non-hydrogen) atoms. The molecule has 1 aromatic carbocycles. The summed E-state index contributed by atoms with van der Waals surface area (Å²) in [6.07, 6.45) is 0.648. The molecule has 0 spiro atoms. The van der Waals surface area contributed by atoms with Crippen LogP contribution in [-0.4, -0.2) is 33.1 Å². The summed E-state index contributed by atoms with van der Waals surface area (Å²) in [5, 5.41) is 3.36. The van der Waals surface area contributed by atoms with Crippen molar-refractivity contribution in [2.24, 2.45) is 0 Å². The van der Waals surface area contributed by atoms with Crippen LogP contribution in [0.15, 0.2) is 18.2 Å². The van der Waals surface area contributed by atoms with Gasteiger partial charge in [0.15, 0.2) is 9.84 Å². The summed E-state index contributed by atoms with van der Waals surface area (Å²) in [5.41, 5.74) is 2.24. The molecule has 0 fully saturated rings. The lowest BCUT2D eigenvalue weighted by atomic mass is 10.0. The Morgan fingerprint density at radius 2 is 1.95 bits per heavy atom. The summed E-state index contributed by atoms with van der Waals surface area (Å²) < 4.78 is 29.1. The van der Waals surface area contributed by atoms with Crippen molar-refractivity contribution in [1.29, 1.82) is 0 Å². The van der Waals surface area contributed by atoms with Crippen molar-refractivity contribution in [2.45, 2.75) is 40.2 Å². The van der Waals surface area contributed by atoms with E-state index in [2.05, 4.69) is 25.2 Å². The van der Waals surface area contributed by atoms with Crippen LogP contribution in [0.5, 0.6) is 5.75 Å². The Balaban J connectivity index is 2.74. The minimum atomic E-state index is -2.99. The summed E-state index contributed by atoms with van der Waals surface area (Å²) >= 11 is 0. The van der Waals surface area contributed by atoms with Gasteiger partial charge in [0.1, 0.15) is 12.4 Å². The first-order chi connectivity index (χ1) is 9.89. The number of hydrogen-bond donors (Lipinski definition) is 1. The lowest BCUT2D eigenvalue weighted by Gasteiger charge is -2.18. The molecule has 0 aromatic heterocycles. The third-order valence-electron chi connectivity index (χ3n) is 3.31. The highest BCUT2D eigenvalue weighted by molar-refractivity contribution is 7.91. The van der Waals surface area contributed by atoms with Gasteiger partial charge in [0, 0.05) is 11.6 Å². The Bertz CT molecular complexity index is 540. The largest absolute Gasteiger partial charge is 0.492 e. The van der Waals surface area contributed by atoms with Gasteiger partial charge in [0.25, 0.3) is 0 Å². The van der Waals surface area contributed by atoms with Crippen LogP contribution in [0.4, 0.5) is 0 Å². The van der Waals surface area contributed by atoms with Gasteiger partial charge in [0.05, 0.1) is 11.5 Å². The third-order valence-corrected chi connectivity index (χ3v) is 5.13. The molecule has 1 N–H and O–H groups in total. The molecule has 4 nitrogen and oxygen atoms in total. The molecule has 0 saturated heterocycles. The summed E-state index contributed by atoms with van der Waals surface area (Å²) in [6, 6.07) is 6.17.